The molecule has 1 aliphatic rings. The molecule has 1 amide bonds. The first-order valence-corrected chi connectivity index (χ1v) is 11.0. The van der Waals surface area contributed by atoms with E-state index in [1.807, 2.05) is 38.1 Å². The van der Waals surface area contributed by atoms with Gasteiger partial charge in [0.05, 0.1) is 11.4 Å². The zero-order valence-electron chi connectivity index (χ0n) is 15.9. The Kier molecular flexibility index (Phi) is 6.09. The first kappa shape index (κ1) is 20.8. The number of fused-ring (bicyclic) bond motifs is 1. The number of benzene rings is 2. The van der Waals surface area contributed by atoms with Crippen LogP contribution in [-0.4, -0.2) is 38.4 Å². The number of nitrogens with zero attached hydrogens (tertiary/aromatic N) is 2. The molecule has 0 spiro atoms. The fourth-order valence-electron chi connectivity index (χ4n) is 3.36. The predicted molar refractivity (Wildman–Crippen MR) is 111 cm³/mol. The van der Waals surface area contributed by atoms with Gasteiger partial charge in [0.1, 0.15) is 0 Å². The van der Waals surface area contributed by atoms with Crippen LogP contribution in [-0.2, 0) is 27.8 Å². The fraction of sp³-hybridized carbons (Fsp3) is 0.350. The summed E-state index contributed by atoms with van der Waals surface area (Å²) in [6.45, 7) is 5.52. The summed E-state index contributed by atoms with van der Waals surface area (Å²) in [4.78, 5) is 16.9. The molecule has 0 bridgehead atoms. The van der Waals surface area contributed by atoms with Crippen LogP contribution in [0.2, 0.25) is 5.02 Å². The molecule has 8 heteroatoms. The zero-order valence-corrected chi connectivity index (χ0v) is 17.5. The molecule has 6 nitrogen and oxygen atoms in total. The molecule has 28 heavy (non-hydrogen) atoms. The molecular weight excluding hydrogens is 398 g/mol. The summed E-state index contributed by atoms with van der Waals surface area (Å²) in [5, 5.41) is 5.88. The predicted octanol–water partition coefficient (Wildman–Crippen LogP) is 2.79. The van der Waals surface area contributed by atoms with Crippen molar-refractivity contribution in [3.8, 4) is 0 Å². The largest absolute Gasteiger partial charge is 0.311 e. The van der Waals surface area contributed by atoms with Gasteiger partial charge in [-0.1, -0.05) is 23.7 Å². The molecule has 0 saturated heterocycles. The van der Waals surface area contributed by atoms with Crippen molar-refractivity contribution in [2.24, 2.45) is 5.14 Å². The van der Waals surface area contributed by atoms with E-state index in [1.165, 1.54) is 6.07 Å². The third-order valence-electron chi connectivity index (χ3n) is 4.92. The monoisotopic (exact) mass is 421 g/mol. The lowest BCUT2D eigenvalue weighted by atomic mass is 10.1. The van der Waals surface area contributed by atoms with Crippen molar-refractivity contribution in [2.45, 2.75) is 37.8 Å². The zero-order chi connectivity index (χ0) is 20.5. The Hall–Kier alpha value is -1.93. The van der Waals surface area contributed by atoms with Crippen molar-refractivity contribution in [2.75, 3.05) is 18.0 Å². The highest BCUT2D eigenvalue weighted by Gasteiger charge is 2.27. The van der Waals surface area contributed by atoms with E-state index >= 15 is 0 Å². The molecule has 2 aromatic rings. The van der Waals surface area contributed by atoms with Gasteiger partial charge < -0.3 is 4.90 Å². The van der Waals surface area contributed by atoms with Crippen LogP contribution in [0.1, 0.15) is 25.0 Å². The second kappa shape index (κ2) is 8.21. The Balaban J connectivity index is 1.75. The lowest BCUT2D eigenvalue weighted by Crippen LogP contribution is -2.42. The topological polar surface area (TPSA) is 83.7 Å². The second-order valence-electron chi connectivity index (χ2n) is 7.26. The van der Waals surface area contributed by atoms with E-state index < -0.39 is 10.0 Å². The van der Waals surface area contributed by atoms with E-state index in [0.29, 0.717) is 24.5 Å². The van der Waals surface area contributed by atoms with Gasteiger partial charge in [-0.25, -0.2) is 13.6 Å². The maximum atomic E-state index is 13.0. The molecule has 2 N–H and O–H groups in total. The highest BCUT2D eigenvalue weighted by molar-refractivity contribution is 7.89. The van der Waals surface area contributed by atoms with Crippen LogP contribution in [0, 0.1) is 0 Å². The molecule has 0 saturated carbocycles. The van der Waals surface area contributed by atoms with Crippen molar-refractivity contribution in [3.63, 3.8) is 0 Å². The molecule has 0 aliphatic carbocycles. The number of nitrogens with two attached hydrogens (primary N) is 1. The number of hydrogen-bond acceptors (Lipinski definition) is 4. The molecule has 0 unspecified atom stereocenters. The normalized spacial score (nSPS) is 14.0. The summed E-state index contributed by atoms with van der Waals surface area (Å²) >= 11 is 6.07. The lowest BCUT2D eigenvalue weighted by molar-refractivity contribution is -0.120. The van der Waals surface area contributed by atoms with Crippen LogP contribution in [0.15, 0.2) is 47.4 Å². The Morgan fingerprint density at radius 2 is 2.00 bits per heavy atom. The Morgan fingerprint density at radius 3 is 2.64 bits per heavy atom. The Labute approximate surface area is 170 Å². The molecule has 0 fully saturated rings. The third kappa shape index (κ3) is 4.72. The van der Waals surface area contributed by atoms with Crippen molar-refractivity contribution < 1.29 is 13.2 Å². The number of amides is 1. The second-order valence-corrected chi connectivity index (χ2v) is 9.26. The van der Waals surface area contributed by atoms with Crippen LogP contribution >= 0.6 is 11.6 Å². The number of primary sulfonamides is 1. The average Bonchev–Trinajstić information content (AvgIpc) is 3.03. The first-order chi connectivity index (χ1) is 13.1. The van der Waals surface area contributed by atoms with E-state index in [9.17, 15) is 13.2 Å². The van der Waals surface area contributed by atoms with Gasteiger partial charge in [-0.05, 0) is 61.7 Å². The quantitative estimate of drug-likeness (QED) is 0.777. The van der Waals surface area contributed by atoms with E-state index in [1.54, 1.807) is 17.0 Å². The summed E-state index contributed by atoms with van der Waals surface area (Å²) in [7, 11) is -3.75. The summed E-state index contributed by atoms with van der Waals surface area (Å²) in [6, 6.07) is 12.5. The minimum absolute atomic E-state index is 0.0159. The van der Waals surface area contributed by atoms with Crippen LogP contribution in [0.5, 0.6) is 0 Å². The van der Waals surface area contributed by atoms with Gasteiger partial charge in [-0.2, -0.15) is 0 Å². The van der Waals surface area contributed by atoms with Gasteiger partial charge in [-0.3, -0.25) is 9.69 Å². The standard InChI is InChI=1S/C20H24ClN3O3S/c1-14(2)23(12-15-4-3-5-17(21)10-15)13-20(25)24-9-8-16-11-18(28(22,26)27)6-7-19(16)24/h3-7,10-11,14H,8-9,12-13H2,1-2H3,(H2,22,26,27). The van der Waals surface area contributed by atoms with Crippen LogP contribution < -0.4 is 10.0 Å². The number of sulfonamides is 1. The molecule has 150 valence electrons. The van der Waals surface area contributed by atoms with Gasteiger partial charge in [-0.15, -0.1) is 0 Å². The molecule has 0 aromatic heterocycles. The van der Waals surface area contributed by atoms with E-state index in [4.69, 9.17) is 16.7 Å². The molecule has 2 aromatic carbocycles. The van der Waals surface area contributed by atoms with Crippen LogP contribution in [0.3, 0.4) is 0 Å². The third-order valence-corrected chi connectivity index (χ3v) is 6.07. The highest BCUT2D eigenvalue weighted by Crippen LogP contribution is 2.30. The number of rotatable bonds is 6. The van der Waals surface area contributed by atoms with Gasteiger partial charge in [0.2, 0.25) is 15.9 Å². The Morgan fingerprint density at radius 1 is 1.25 bits per heavy atom. The maximum Gasteiger partial charge on any atom is 0.241 e. The number of carbonyl (C=O) groups is 1. The van der Waals surface area contributed by atoms with Crippen LogP contribution in [0.25, 0.3) is 0 Å². The number of hydrogen-bond donors (Lipinski definition) is 1. The summed E-state index contributed by atoms with van der Waals surface area (Å²) in [6.07, 6.45) is 0.612. The first-order valence-electron chi connectivity index (χ1n) is 9.10. The number of halogens is 1. The molecule has 3 rings (SSSR count). The lowest BCUT2D eigenvalue weighted by Gasteiger charge is -2.28. The number of anilines is 1. The van der Waals surface area contributed by atoms with Crippen molar-refractivity contribution in [1.82, 2.24) is 4.90 Å². The molecular formula is C20H24ClN3O3S. The van der Waals surface area contributed by atoms with Crippen molar-refractivity contribution >= 4 is 33.2 Å². The molecule has 0 radical (unpaired) electrons. The molecule has 0 atom stereocenters. The van der Waals surface area contributed by atoms with E-state index in [2.05, 4.69) is 4.90 Å². The summed E-state index contributed by atoms with van der Waals surface area (Å²) in [5.41, 5.74) is 2.63. The molecule has 1 aliphatic heterocycles. The van der Waals surface area contributed by atoms with Gasteiger partial charge in [0.25, 0.3) is 0 Å². The highest BCUT2D eigenvalue weighted by atomic mass is 35.5. The van der Waals surface area contributed by atoms with E-state index in [-0.39, 0.29) is 23.4 Å². The molecule has 1 heterocycles. The van der Waals surface area contributed by atoms with Gasteiger partial charge in [0, 0.05) is 29.8 Å². The SMILES string of the molecule is CC(C)N(CC(=O)N1CCc2cc(S(N)(=O)=O)ccc21)Cc1cccc(Cl)c1. The van der Waals surface area contributed by atoms with Crippen molar-refractivity contribution in [1.29, 1.82) is 0 Å². The van der Waals surface area contributed by atoms with Gasteiger partial charge >= 0.3 is 0 Å². The fourth-order valence-corrected chi connectivity index (χ4v) is 4.14. The van der Waals surface area contributed by atoms with Gasteiger partial charge in [0.15, 0.2) is 0 Å². The average molecular weight is 422 g/mol. The minimum Gasteiger partial charge on any atom is -0.311 e. The van der Waals surface area contributed by atoms with Crippen LogP contribution in [0.4, 0.5) is 5.69 Å². The number of carbonyl (C=O) groups excluding carboxylic acids is 1. The minimum atomic E-state index is -3.75. The van der Waals surface area contributed by atoms with Crippen molar-refractivity contribution in [3.05, 3.63) is 58.6 Å². The Bertz CT molecular complexity index is 992. The van der Waals surface area contributed by atoms with E-state index in [0.717, 1.165) is 16.8 Å². The smallest absolute Gasteiger partial charge is 0.241 e. The maximum absolute atomic E-state index is 13.0. The summed E-state index contributed by atoms with van der Waals surface area (Å²) in [5.74, 6) is -0.0159. The summed E-state index contributed by atoms with van der Waals surface area (Å²) < 4.78 is 23.1.